The number of rotatable bonds is 6. The average Bonchev–Trinajstić information content (AvgIpc) is 2.59. The van der Waals surface area contributed by atoms with Crippen LogP contribution >= 0.6 is 11.6 Å². The minimum Gasteiger partial charge on any atom is -0.381 e. The lowest BCUT2D eigenvalue weighted by Crippen LogP contribution is -2.50. The van der Waals surface area contributed by atoms with E-state index < -0.39 is 0 Å². The minimum atomic E-state index is 0.0529. The van der Waals surface area contributed by atoms with Crippen LogP contribution in [0.2, 0.25) is 5.02 Å². The fourth-order valence-corrected chi connectivity index (χ4v) is 3.45. The Morgan fingerprint density at radius 2 is 1.88 bits per heavy atom. The largest absolute Gasteiger partial charge is 0.381 e. The molecule has 0 spiro atoms. The van der Waals surface area contributed by atoms with E-state index in [-0.39, 0.29) is 11.9 Å². The first-order chi connectivity index (χ1) is 11.4. The van der Waals surface area contributed by atoms with Gasteiger partial charge in [0.05, 0.1) is 6.10 Å². The monoisotopic (exact) mass is 352 g/mol. The molecule has 1 aliphatic heterocycles. The first-order valence-electron chi connectivity index (χ1n) is 8.70. The molecule has 0 aromatic heterocycles. The number of carbonyl (C=O) groups excluding carboxylic acids is 1. The maximum absolute atomic E-state index is 12.8. The van der Waals surface area contributed by atoms with Gasteiger partial charge in [-0.2, -0.15) is 0 Å². The van der Waals surface area contributed by atoms with E-state index in [2.05, 4.69) is 18.7 Å². The van der Waals surface area contributed by atoms with Crippen molar-refractivity contribution in [3.05, 3.63) is 34.9 Å². The highest BCUT2D eigenvalue weighted by molar-refractivity contribution is 6.30. The van der Waals surface area contributed by atoms with Crippen molar-refractivity contribution < 1.29 is 9.53 Å². The number of methoxy groups -OCH3 is 1. The van der Waals surface area contributed by atoms with Gasteiger partial charge in [-0.25, -0.2) is 0 Å². The predicted octanol–water partition coefficient (Wildman–Crippen LogP) is 3.55. The summed E-state index contributed by atoms with van der Waals surface area (Å²) in [6, 6.07) is 7.31. The fraction of sp³-hybridized carbons (Fsp3) is 0.632. The Bertz CT molecular complexity index is 525. The number of benzene rings is 1. The van der Waals surface area contributed by atoms with Gasteiger partial charge in [0, 0.05) is 50.4 Å². The Morgan fingerprint density at radius 1 is 1.29 bits per heavy atom. The van der Waals surface area contributed by atoms with Crippen molar-refractivity contribution in [2.45, 2.75) is 38.8 Å². The second-order valence-electron chi connectivity index (χ2n) is 6.97. The summed E-state index contributed by atoms with van der Waals surface area (Å²) in [6.07, 6.45) is 2.51. The molecule has 4 nitrogen and oxygen atoms in total. The third kappa shape index (κ3) is 4.95. The third-order valence-electron chi connectivity index (χ3n) is 4.99. The maximum Gasteiger partial charge on any atom is 0.253 e. The normalized spacial score (nSPS) is 17.9. The average molecular weight is 353 g/mol. The molecular weight excluding hydrogens is 324 g/mol. The quantitative estimate of drug-likeness (QED) is 0.785. The zero-order valence-electron chi connectivity index (χ0n) is 15.2. The van der Waals surface area contributed by atoms with Crippen molar-refractivity contribution in [3.63, 3.8) is 0 Å². The van der Waals surface area contributed by atoms with Crippen LogP contribution in [0, 0.1) is 5.92 Å². The molecule has 134 valence electrons. The summed E-state index contributed by atoms with van der Waals surface area (Å²) in [7, 11) is 3.69. The topological polar surface area (TPSA) is 32.8 Å². The summed E-state index contributed by atoms with van der Waals surface area (Å²) in [5.41, 5.74) is 0.686. The number of halogens is 1. The molecule has 0 radical (unpaired) electrons. The Labute approximate surface area is 150 Å². The van der Waals surface area contributed by atoms with Gasteiger partial charge in [-0.05, 0) is 43.0 Å². The van der Waals surface area contributed by atoms with Gasteiger partial charge in [0.25, 0.3) is 5.91 Å². The highest BCUT2D eigenvalue weighted by Crippen LogP contribution is 2.19. The Kier molecular flexibility index (Phi) is 7.08. The molecule has 1 aliphatic rings. The second-order valence-corrected chi connectivity index (χ2v) is 7.41. The molecule has 2 rings (SSSR count). The molecule has 1 fully saturated rings. The van der Waals surface area contributed by atoms with Gasteiger partial charge in [0.15, 0.2) is 0 Å². The number of nitrogens with zero attached hydrogens (tertiary/aromatic N) is 2. The zero-order valence-corrected chi connectivity index (χ0v) is 15.9. The van der Waals surface area contributed by atoms with E-state index in [1.54, 1.807) is 31.4 Å². The molecule has 0 N–H and O–H groups in total. The van der Waals surface area contributed by atoms with Gasteiger partial charge >= 0.3 is 0 Å². The van der Waals surface area contributed by atoms with Crippen LogP contribution in [0.1, 0.15) is 37.0 Å². The number of carbonyl (C=O) groups is 1. The molecule has 1 atom stereocenters. The molecule has 0 bridgehead atoms. The fourth-order valence-electron chi connectivity index (χ4n) is 3.32. The van der Waals surface area contributed by atoms with E-state index in [1.165, 1.54) is 0 Å². The molecule has 1 saturated heterocycles. The van der Waals surface area contributed by atoms with Crippen molar-refractivity contribution in [1.82, 2.24) is 9.80 Å². The van der Waals surface area contributed by atoms with Crippen molar-refractivity contribution in [2.75, 3.05) is 33.8 Å². The predicted molar refractivity (Wildman–Crippen MR) is 98.6 cm³/mol. The van der Waals surface area contributed by atoms with E-state index in [0.29, 0.717) is 22.6 Å². The SMILES string of the molecule is COC1CCN(C[C@H](C(C)C)N(C)C(=O)c2ccc(Cl)cc2)CC1. The van der Waals surface area contributed by atoms with Gasteiger partial charge in [-0.3, -0.25) is 4.79 Å². The van der Waals surface area contributed by atoms with Crippen molar-refractivity contribution in [3.8, 4) is 0 Å². The van der Waals surface area contributed by atoms with Crippen LogP contribution in [0.25, 0.3) is 0 Å². The molecule has 1 aromatic rings. The lowest BCUT2D eigenvalue weighted by Gasteiger charge is -2.38. The summed E-state index contributed by atoms with van der Waals surface area (Å²) in [5.74, 6) is 0.448. The summed E-state index contributed by atoms with van der Waals surface area (Å²) in [5, 5.41) is 0.649. The molecule has 1 aromatic carbocycles. The van der Waals surface area contributed by atoms with E-state index in [1.807, 2.05) is 11.9 Å². The molecular formula is C19H29ClN2O2. The summed E-state index contributed by atoms with van der Waals surface area (Å²) < 4.78 is 5.44. The third-order valence-corrected chi connectivity index (χ3v) is 5.24. The van der Waals surface area contributed by atoms with E-state index in [0.717, 1.165) is 32.5 Å². The van der Waals surface area contributed by atoms with E-state index in [9.17, 15) is 4.79 Å². The number of hydrogen-bond acceptors (Lipinski definition) is 3. The van der Waals surface area contributed by atoms with Crippen LogP contribution in [0.4, 0.5) is 0 Å². The van der Waals surface area contributed by atoms with E-state index >= 15 is 0 Å². The maximum atomic E-state index is 12.8. The van der Waals surface area contributed by atoms with Crippen LogP contribution in [-0.4, -0.2) is 61.6 Å². The number of hydrogen-bond donors (Lipinski definition) is 0. The van der Waals surface area contributed by atoms with Gasteiger partial charge in [-0.1, -0.05) is 25.4 Å². The zero-order chi connectivity index (χ0) is 17.7. The van der Waals surface area contributed by atoms with E-state index in [4.69, 9.17) is 16.3 Å². The van der Waals surface area contributed by atoms with Crippen LogP contribution in [0.3, 0.4) is 0 Å². The van der Waals surface area contributed by atoms with Crippen LogP contribution in [0.15, 0.2) is 24.3 Å². The van der Waals surface area contributed by atoms with Crippen LogP contribution in [0.5, 0.6) is 0 Å². The second kappa shape index (κ2) is 8.84. The van der Waals surface area contributed by atoms with Gasteiger partial charge in [0.1, 0.15) is 0 Å². The minimum absolute atomic E-state index is 0.0529. The Balaban J connectivity index is 2.01. The first kappa shape index (κ1) is 19.2. The number of ether oxygens (including phenoxy) is 1. The number of likely N-dealkylation sites (N-methyl/N-ethyl adjacent to an activating group) is 1. The summed E-state index contributed by atoms with van der Waals surface area (Å²) in [4.78, 5) is 17.1. The summed E-state index contributed by atoms with van der Waals surface area (Å²) in [6.45, 7) is 7.33. The van der Waals surface area contributed by atoms with Crippen molar-refractivity contribution in [1.29, 1.82) is 0 Å². The highest BCUT2D eigenvalue weighted by Gasteiger charge is 2.28. The molecule has 0 unspecified atom stereocenters. The Morgan fingerprint density at radius 3 is 2.38 bits per heavy atom. The van der Waals surface area contributed by atoms with Crippen LogP contribution < -0.4 is 0 Å². The lowest BCUT2D eigenvalue weighted by molar-refractivity contribution is 0.0271. The summed E-state index contributed by atoms with van der Waals surface area (Å²) >= 11 is 5.92. The Hall–Kier alpha value is -1.10. The van der Waals surface area contributed by atoms with Gasteiger partial charge in [-0.15, -0.1) is 0 Å². The number of likely N-dealkylation sites (tertiary alicyclic amines) is 1. The number of piperidine rings is 1. The molecule has 0 aliphatic carbocycles. The smallest absolute Gasteiger partial charge is 0.253 e. The van der Waals surface area contributed by atoms with Crippen molar-refractivity contribution in [2.24, 2.45) is 5.92 Å². The van der Waals surface area contributed by atoms with Gasteiger partial charge in [0.2, 0.25) is 0 Å². The molecule has 1 heterocycles. The number of amides is 1. The van der Waals surface area contributed by atoms with Crippen LogP contribution in [-0.2, 0) is 4.74 Å². The lowest BCUT2D eigenvalue weighted by atomic mass is 9.99. The van der Waals surface area contributed by atoms with Gasteiger partial charge < -0.3 is 14.5 Å². The molecule has 1 amide bonds. The van der Waals surface area contributed by atoms with Crippen molar-refractivity contribution >= 4 is 17.5 Å². The molecule has 5 heteroatoms. The molecule has 24 heavy (non-hydrogen) atoms. The molecule has 0 saturated carbocycles. The highest BCUT2D eigenvalue weighted by atomic mass is 35.5. The first-order valence-corrected chi connectivity index (χ1v) is 9.08. The standard InChI is InChI=1S/C19H29ClN2O2/c1-14(2)18(13-22-11-9-17(24-4)10-12-22)21(3)19(23)15-5-7-16(20)8-6-15/h5-8,14,17-18H,9-13H2,1-4H3/t18-/m1/s1.